The third kappa shape index (κ3) is 3.39. The van der Waals surface area contributed by atoms with Crippen molar-refractivity contribution >= 4 is 12.0 Å². The van der Waals surface area contributed by atoms with Gasteiger partial charge in [0.1, 0.15) is 0 Å². The lowest BCUT2D eigenvalue weighted by Crippen LogP contribution is -2.43. The highest BCUT2D eigenvalue weighted by atomic mass is 16.4. The molecule has 2 saturated heterocycles. The molecule has 108 valence electrons. The van der Waals surface area contributed by atoms with Gasteiger partial charge in [0, 0.05) is 26.2 Å². The van der Waals surface area contributed by atoms with Crippen LogP contribution in [0.25, 0.3) is 0 Å². The highest BCUT2D eigenvalue weighted by Crippen LogP contribution is 2.24. The fourth-order valence-electron chi connectivity index (χ4n) is 3.08. The lowest BCUT2D eigenvalue weighted by molar-refractivity contribution is -0.142. The van der Waals surface area contributed by atoms with Gasteiger partial charge in [-0.1, -0.05) is 26.2 Å². The molecule has 2 aliphatic rings. The van der Waals surface area contributed by atoms with Crippen LogP contribution in [0.2, 0.25) is 0 Å². The smallest absolute Gasteiger partial charge is 0.320 e. The Morgan fingerprint density at radius 3 is 2.05 bits per heavy atom. The lowest BCUT2D eigenvalue weighted by atomic mass is 9.99. The third-order valence-electron chi connectivity index (χ3n) is 4.33. The monoisotopic (exact) mass is 268 g/mol. The van der Waals surface area contributed by atoms with Gasteiger partial charge in [-0.05, 0) is 18.8 Å². The zero-order chi connectivity index (χ0) is 13.8. The molecular formula is C14H24N2O3. The van der Waals surface area contributed by atoms with E-state index >= 15 is 0 Å². The van der Waals surface area contributed by atoms with Crippen molar-refractivity contribution in [3.63, 3.8) is 0 Å². The second kappa shape index (κ2) is 6.26. The maximum atomic E-state index is 12.4. The lowest BCUT2D eigenvalue weighted by Gasteiger charge is -2.29. The highest BCUT2D eigenvalue weighted by Gasteiger charge is 2.38. The summed E-state index contributed by atoms with van der Waals surface area (Å²) < 4.78 is 0. The van der Waals surface area contributed by atoms with E-state index in [0.717, 1.165) is 25.9 Å². The molecule has 5 nitrogen and oxygen atoms in total. The van der Waals surface area contributed by atoms with Gasteiger partial charge >= 0.3 is 12.0 Å². The van der Waals surface area contributed by atoms with Crippen molar-refractivity contribution in [3.8, 4) is 0 Å². The minimum atomic E-state index is -0.782. The van der Waals surface area contributed by atoms with Crippen molar-refractivity contribution in [2.24, 2.45) is 11.8 Å². The van der Waals surface area contributed by atoms with Crippen molar-refractivity contribution < 1.29 is 14.7 Å². The molecule has 2 heterocycles. The molecule has 0 aliphatic carbocycles. The minimum Gasteiger partial charge on any atom is -0.481 e. The van der Waals surface area contributed by atoms with Crippen LogP contribution in [-0.2, 0) is 4.79 Å². The van der Waals surface area contributed by atoms with Gasteiger partial charge in [-0.15, -0.1) is 0 Å². The zero-order valence-corrected chi connectivity index (χ0v) is 11.7. The number of nitrogens with zero attached hydrogens (tertiary/aromatic N) is 2. The van der Waals surface area contributed by atoms with Gasteiger partial charge in [0.2, 0.25) is 0 Å². The summed E-state index contributed by atoms with van der Waals surface area (Å²) in [6.45, 7) is 4.50. The molecule has 1 N–H and O–H groups in total. The number of hydrogen-bond acceptors (Lipinski definition) is 2. The summed E-state index contributed by atoms with van der Waals surface area (Å²) in [6, 6.07) is 0.0394. The van der Waals surface area contributed by atoms with Gasteiger partial charge in [-0.3, -0.25) is 4.79 Å². The van der Waals surface area contributed by atoms with Crippen LogP contribution in [0, 0.1) is 11.8 Å². The van der Waals surface area contributed by atoms with Gasteiger partial charge in [0.25, 0.3) is 0 Å². The van der Waals surface area contributed by atoms with Crippen molar-refractivity contribution in [3.05, 3.63) is 0 Å². The Kier molecular flexibility index (Phi) is 4.66. The van der Waals surface area contributed by atoms with Gasteiger partial charge in [0.15, 0.2) is 0 Å². The summed E-state index contributed by atoms with van der Waals surface area (Å²) in [5.41, 5.74) is 0. The van der Waals surface area contributed by atoms with E-state index in [1.807, 2.05) is 11.8 Å². The van der Waals surface area contributed by atoms with Crippen LogP contribution >= 0.6 is 0 Å². The molecule has 2 aliphatic heterocycles. The van der Waals surface area contributed by atoms with E-state index in [1.165, 1.54) is 19.3 Å². The summed E-state index contributed by atoms with van der Waals surface area (Å²) in [4.78, 5) is 27.2. The Bertz CT molecular complexity index is 338. The number of hydrogen-bond donors (Lipinski definition) is 1. The van der Waals surface area contributed by atoms with E-state index in [-0.39, 0.29) is 11.9 Å². The first kappa shape index (κ1) is 14.2. The molecule has 5 heteroatoms. The Morgan fingerprint density at radius 1 is 0.947 bits per heavy atom. The van der Waals surface area contributed by atoms with E-state index in [1.54, 1.807) is 4.90 Å². The Morgan fingerprint density at radius 2 is 1.53 bits per heavy atom. The molecule has 2 atom stereocenters. The minimum absolute atomic E-state index is 0.0394. The summed E-state index contributed by atoms with van der Waals surface area (Å²) in [5, 5.41) is 9.12. The molecule has 0 unspecified atom stereocenters. The number of aliphatic carboxylic acids is 1. The molecule has 0 radical (unpaired) electrons. The van der Waals surface area contributed by atoms with Crippen LogP contribution in [0.1, 0.15) is 39.0 Å². The van der Waals surface area contributed by atoms with Gasteiger partial charge in [-0.25, -0.2) is 4.79 Å². The molecular weight excluding hydrogens is 244 g/mol. The largest absolute Gasteiger partial charge is 0.481 e. The maximum absolute atomic E-state index is 12.4. The van der Waals surface area contributed by atoms with E-state index in [4.69, 9.17) is 5.11 Å². The van der Waals surface area contributed by atoms with E-state index in [0.29, 0.717) is 13.1 Å². The summed E-state index contributed by atoms with van der Waals surface area (Å²) in [5.74, 6) is -1.13. The Labute approximate surface area is 114 Å². The first-order valence-corrected chi connectivity index (χ1v) is 7.36. The molecule has 0 aromatic heterocycles. The van der Waals surface area contributed by atoms with Crippen molar-refractivity contribution in [1.82, 2.24) is 9.80 Å². The quantitative estimate of drug-likeness (QED) is 0.791. The molecule has 0 bridgehead atoms. The summed E-state index contributed by atoms with van der Waals surface area (Å²) >= 11 is 0. The molecule has 2 fully saturated rings. The van der Waals surface area contributed by atoms with Crippen LogP contribution in [0.5, 0.6) is 0 Å². The van der Waals surface area contributed by atoms with Crippen LogP contribution < -0.4 is 0 Å². The van der Waals surface area contributed by atoms with Gasteiger partial charge in [-0.2, -0.15) is 0 Å². The van der Waals surface area contributed by atoms with E-state index < -0.39 is 11.9 Å². The second-order valence-electron chi connectivity index (χ2n) is 5.86. The fourth-order valence-corrected chi connectivity index (χ4v) is 3.08. The van der Waals surface area contributed by atoms with Crippen LogP contribution in [-0.4, -0.2) is 53.1 Å². The number of carbonyl (C=O) groups is 2. The molecule has 0 aromatic rings. The van der Waals surface area contributed by atoms with Crippen molar-refractivity contribution in [2.45, 2.75) is 39.0 Å². The Balaban J connectivity index is 1.93. The number of carboxylic acids is 1. The average molecular weight is 268 g/mol. The summed E-state index contributed by atoms with van der Waals surface area (Å²) in [7, 11) is 0. The molecule has 0 aromatic carbocycles. The fraction of sp³-hybridized carbons (Fsp3) is 0.857. The molecule has 2 rings (SSSR count). The number of rotatable bonds is 1. The standard InChI is InChI=1S/C14H24N2O3/c1-11-9-16(10-12(11)13(17)18)14(19)15-7-5-3-2-4-6-8-15/h11-12H,2-10H2,1H3,(H,17,18)/t11-,12-/m1/s1. The molecule has 0 spiro atoms. The third-order valence-corrected chi connectivity index (χ3v) is 4.33. The highest BCUT2D eigenvalue weighted by molar-refractivity contribution is 5.77. The number of likely N-dealkylation sites (tertiary alicyclic amines) is 2. The molecule has 2 amide bonds. The van der Waals surface area contributed by atoms with Gasteiger partial charge in [0.05, 0.1) is 5.92 Å². The zero-order valence-electron chi connectivity index (χ0n) is 11.7. The van der Waals surface area contributed by atoms with Crippen molar-refractivity contribution in [2.75, 3.05) is 26.2 Å². The predicted octanol–water partition coefficient (Wildman–Crippen LogP) is 2.02. The average Bonchev–Trinajstić information content (AvgIpc) is 2.70. The number of amides is 2. The normalized spacial score (nSPS) is 28.9. The number of carbonyl (C=O) groups excluding carboxylic acids is 1. The first-order valence-electron chi connectivity index (χ1n) is 7.36. The number of urea groups is 1. The topological polar surface area (TPSA) is 60.9 Å². The summed E-state index contributed by atoms with van der Waals surface area (Å²) in [6.07, 6.45) is 5.79. The van der Waals surface area contributed by atoms with Crippen LogP contribution in [0.15, 0.2) is 0 Å². The maximum Gasteiger partial charge on any atom is 0.320 e. The van der Waals surface area contributed by atoms with Crippen molar-refractivity contribution in [1.29, 1.82) is 0 Å². The second-order valence-corrected chi connectivity index (χ2v) is 5.86. The first-order chi connectivity index (χ1) is 9.09. The van der Waals surface area contributed by atoms with E-state index in [2.05, 4.69) is 0 Å². The number of carboxylic acid groups (broad SMARTS) is 1. The van der Waals surface area contributed by atoms with Crippen LogP contribution in [0.3, 0.4) is 0 Å². The van der Waals surface area contributed by atoms with Crippen LogP contribution in [0.4, 0.5) is 4.79 Å². The molecule has 19 heavy (non-hydrogen) atoms. The van der Waals surface area contributed by atoms with E-state index in [9.17, 15) is 9.59 Å². The Hall–Kier alpha value is -1.26. The van der Waals surface area contributed by atoms with Gasteiger partial charge < -0.3 is 14.9 Å². The predicted molar refractivity (Wildman–Crippen MR) is 71.9 cm³/mol. The molecule has 0 saturated carbocycles. The SMILES string of the molecule is C[C@@H]1CN(C(=O)N2CCCCCCC2)C[C@H]1C(=O)O.